The van der Waals surface area contributed by atoms with Gasteiger partial charge in [-0.2, -0.15) is 0 Å². The summed E-state index contributed by atoms with van der Waals surface area (Å²) < 4.78 is 11.8. The van der Waals surface area contributed by atoms with Crippen LogP contribution in [0.4, 0.5) is 0 Å². The van der Waals surface area contributed by atoms with E-state index in [1.54, 1.807) is 0 Å². The van der Waals surface area contributed by atoms with Crippen molar-refractivity contribution in [3.05, 3.63) is 41.0 Å². The third-order valence-corrected chi connectivity index (χ3v) is 6.16. The van der Waals surface area contributed by atoms with E-state index in [1.165, 1.54) is 5.56 Å². The number of fused-ring (bicyclic) bond motifs is 2. The molecule has 1 aromatic carbocycles. The molecule has 27 heavy (non-hydrogen) atoms. The maximum atomic E-state index is 12.9. The minimum Gasteiger partial charge on any atom is -0.371 e. The Kier molecular flexibility index (Phi) is 4.06. The van der Waals surface area contributed by atoms with Gasteiger partial charge in [-0.25, -0.2) is 0 Å². The molecule has 2 heterocycles. The summed E-state index contributed by atoms with van der Waals surface area (Å²) in [5.41, 5.74) is 4.21. The van der Waals surface area contributed by atoms with Gasteiger partial charge in [-0.05, 0) is 36.5 Å². The van der Waals surface area contributed by atoms with E-state index in [0.717, 1.165) is 29.6 Å². The van der Waals surface area contributed by atoms with Gasteiger partial charge in [0.05, 0.1) is 25.3 Å². The molecule has 142 valence electrons. The van der Waals surface area contributed by atoms with E-state index in [1.807, 2.05) is 19.1 Å². The largest absolute Gasteiger partial charge is 0.371 e. The highest BCUT2D eigenvalue weighted by atomic mass is 16.6. The quantitative estimate of drug-likeness (QED) is 0.837. The minimum absolute atomic E-state index is 0.0491. The molecule has 1 saturated carbocycles. The van der Waals surface area contributed by atoms with Gasteiger partial charge in [0.2, 0.25) is 11.8 Å². The summed E-state index contributed by atoms with van der Waals surface area (Å²) in [6.07, 6.45) is 2.22. The van der Waals surface area contributed by atoms with Crippen molar-refractivity contribution in [1.29, 1.82) is 0 Å². The summed E-state index contributed by atoms with van der Waals surface area (Å²) in [6.45, 7) is 2.85. The van der Waals surface area contributed by atoms with Gasteiger partial charge in [-0.3, -0.25) is 9.59 Å². The number of ether oxygens (including phenoxy) is 2. The van der Waals surface area contributed by atoms with Crippen molar-refractivity contribution in [2.75, 3.05) is 13.2 Å². The first-order chi connectivity index (χ1) is 13.1. The molecule has 0 radical (unpaired) electrons. The molecule has 0 spiro atoms. The first kappa shape index (κ1) is 17.0. The van der Waals surface area contributed by atoms with Gasteiger partial charge in [0.1, 0.15) is 12.2 Å². The third-order valence-electron chi connectivity index (χ3n) is 6.16. The molecule has 6 heteroatoms. The van der Waals surface area contributed by atoms with Gasteiger partial charge >= 0.3 is 0 Å². The lowest BCUT2D eigenvalue weighted by Gasteiger charge is -2.19. The molecule has 0 aromatic heterocycles. The van der Waals surface area contributed by atoms with Crippen LogP contribution < -0.4 is 10.6 Å². The van der Waals surface area contributed by atoms with Crippen molar-refractivity contribution in [2.45, 2.75) is 50.5 Å². The molecular formula is C21H24N2O4. The lowest BCUT2D eigenvalue weighted by molar-refractivity contribution is -0.123. The maximum Gasteiger partial charge on any atom is 0.248 e. The van der Waals surface area contributed by atoms with Crippen molar-refractivity contribution in [3.63, 3.8) is 0 Å². The van der Waals surface area contributed by atoms with Crippen LogP contribution in [0.2, 0.25) is 0 Å². The number of amides is 2. The number of rotatable bonds is 4. The highest BCUT2D eigenvalue weighted by molar-refractivity contribution is 6.03. The summed E-state index contributed by atoms with van der Waals surface area (Å²) in [7, 11) is 0. The standard InChI is InChI=1S/C21H24N2O4/c1-11-14-5-3-2-4-13(14)8-15(11)21(25)23-17-10-27-18-16(9-26-19(17)18)22-20(24)12-6-7-12/h2-5,12,16-19H,6-10H2,1H3,(H,22,24)(H,23,25). The summed E-state index contributed by atoms with van der Waals surface area (Å²) in [6, 6.07) is 7.83. The lowest BCUT2D eigenvalue weighted by Crippen LogP contribution is -2.47. The molecule has 5 rings (SSSR count). The molecule has 2 amide bonds. The van der Waals surface area contributed by atoms with Crippen LogP contribution in [0.1, 0.15) is 30.9 Å². The normalized spacial score (nSPS) is 31.6. The van der Waals surface area contributed by atoms with Crippen molar-refractivity contribution in [3.8, 4) is 0 Å². The van der Waals surface area contributed by atoms with Crippen molar-refractivity contribution >= 4 is 17.4 Å². The third kappa shape index (κ3) is 2.97. The Morgan fingerprint density at radius 2 is 1.67 bits per heavy atom. The van der Waals surface area contributed by atoms with Crippen molar-refractivity contribution < 1.29 is 19.1 Å². The molecule has 2 N–H and O–H groups in total. The fraction of sp³-hybridized carbons (Fsp3) is 0.524. The molecule has 0 bridgehead atoms. The zero-order valence-corrected chi connectivity index (χ0v) is 15.4. The average Bonchev–Trinajstić information content (AvgIpc) is 3.23. The van der Waals surface area contributed by atoms with E-state index in [-0.39, 0.29) is 42.0 Å². The van der Waals surface area contributed by atoms with E-state index in [4.69, 9.17) is 9.47 Å². The number of allylic oxidation sites excluding steroid dienone is 1. The highest BCUT2D eigenvalue weighted by Crippen LogP contribution is 2.34. The Hall–Kier alpha value is -2.18. The second-order valence-electron chi connectivity index (χ2n) is 8.00. The Balaban J connectivity index is 1.23. The molecule has 4 atom stereocenters. The number of carbonyl (C=O) groups is 2. The predicted molar refractivity (Wildman–Crippen MR) is 98.8 cm³/mol. The molecule has 2 saturated heterocycles. The van der Waals surface area contributed by atoms with E-state index in [2.05, 4.69) is 22.8 Å². The number of hydrogen-bond acceptors (Lipinski definition) is 4. The Morgan fingerprint density at radius 3 is 2.33 bits per heavy atom. The van der Waals surface area contributed by atoms with Crippen LogP contribution in [0.5, 0.6) is 0 Å². The highest BCUT2D eigenvalue weighted by Gasteiger charge is 2.49. The van der Waals surface area contributed by atoms with Crippen LogP contribution in [0.3, 0.4) is 0 Å². The van der Waals surface area contributed by atoms with Crippen LogP contribution in [0, 0.1) is 5.92 Å². The predicted octanol–water partition coefficient (Wildman–Crippen LogP) is 1.19. The maximum absolute atomic E-state index is 12.9. The fourth-order valence-corrected chi connectivity index (χ4v) is 4.42. The molecular weight excluding hydrogens is 344 g/mol. The molecule has 2 aliphatic heterocycles. The first-order valence-electron chi connectivity index (χ1n) is 9.74. The Bertz CT molecular complexity index is 829. The summed E-state index contributed by atoms with van der Waals surface area (Å²) >= 11 is 0. The van der Waals surface area contributed by atoms with E-state index in [0.29, 0.717) is 19.6 Å². The number of hydrogen-bond donors (Lipinski definition) is 2. The first-order valence-corrected chi connectivity index (χ1v) is 9.74. The van der Waals surface area contributed by atoms with Gasteiger partial charge < -0.3 is 20.1 Å². The average molecular weight is 368 g/mol. The molecule has 4 unspecified atom stereocenters. The fourth-order valence-electron chi connectivity index (χ4n) is 4.42. The second kappa shape index (κ2) is 6.46. The summed E-state index contributed by atoms with van der Waals surface area (Å²) in [5, 5.41) is 6.16. The van der Waals surface area contributed by atoms with Gasteiger partial charge in [-0.15, -0.1) is 0 Å². The summed E-state index contributed by atoms with van der Waals surface area (Å²) in [5.74, 6) is 0.219. The molecule has 1 aromatic rings. The number of nitrogens with one attached hydrogen (secondary N) is 2. The molecule has 2 aliphatic carbocycles. The zero-order chi connectivity index (χ0) is 18.5. The van der Waals surface area contributed by atoms with Crippen LogP contribution in [0.25, 0.3) is 5.57 Å². The van der Waals surface area contributed by atoms with E-state index >= 15 is 0 Å². The van der Waals surface area contributed by atoms with Gasteiger partial charge in [0, 0.05) is 17.9 Å². The molecule has 4 aliphatic rings. The SMILES string of the molecule is CC1=C(C(=O)NC2COC3C(NC(=O)C4CC4)COC23)Cc2ccccc21. The number of carbonyl (C=O) groups excluding carboxylic acids is 2. The number of benzene rings is 1. The van der Waals surface area contributed by atoms with Gasteiger partial charge in [0.15, 0.2) is 0 Å². The minimum atomic E-state index is -0.205. The van der Waals surface area contributed by atoms with Crippen LogP contribution >= 0.6 is 0 Å². The molecule has 3 fully saturated rings. The van der Waals surface area contributed by atoms with Crippen LogP contribution in [0.15, 0.2) is 29.8 Å². The van der Waals surface area contributed by atoms with E-state index < -0.39 is 0 Å². The van der Waals surface area contributed by atoms with Crippen molar-refractivity contribution in [2.24, 2.45) is 5.92 Å². The summed E-state index contributed by atoms with van der Waals surface area (Å²) in [4.78, 5) is 24.9. The Morgan fingerprint density at radius 1 is 1.00 bits per heavy atom. The van der Waals surface area contributed by atoms with Gasteiger partial charge in [-0.1, -0.05) is 24.3 Å². The monoisotopic (exact) mass is 368 g/mol. The smallest absolute Gasteiger partial charge is 0.248 e. The zero-order valence-electron chi connectivity index (χ0n) is 15.4. The Labute approximate surface area is 158 Å². The topological polar surface area (TPSA) is 76.7 Å². The lowest BCUT2D eigenvalue weighted by atomic mass is 10.0. The van der Waals surface area contributed by atoms with E-state index in [9.17, 15) is 9.59 Å². The van der Waals surface area contributed by atoms with Crippen molar-refractivity contribution in [1.82, 2.24) is 10.6 Å². The van der Waals surface area contributed by atoms with Gasteiger partial charge in [0.25, 0.3) is 0 Å². The van der Waals surface area contributed by atoms with Crippen LogP contribution in [-0.2, 0) is 25.5 Å². The van der Waals surface area contributed by atoms with Crippen LogP contribution in [-0.4, -0.2) is 49.3 Å². The molecule has 6 nitrogen and oxygen atoms in total. The second-order valence-corrected chi connectivity index (χ2v) is 8.00.